The zero-order chi connectivity index (χ0) is 13.3. The average molecular weight is 251 g/mol. The molecule has 0 amide bonds. The molecule has 0 aliphatic carbocycles. The van der Waals surface area contributed by atoms with Gasteiger partial charge in [0.1, 0.15) is 17.3 Å². The van der Waals surface area contributed by atoms with E-state index in [2.05, 4.69) is 5.16 Å². The molecular weight excluding hydrogens is 237 g/mol. The number of nitrogens with two attached hydrogens (primary N) is 1. The fourth-order valence-corrected chi connectivity index (χ4v) is 1.73. The Morgan fingerprint density at radius 1 is 1.39 bits per heavy atom. The Labute approximate surface area is 104 Å². The SMILES string of the molecule is CN(C)Cc1cc(F)cc(-c2cc(N)on2)c1O. The van der Waals surface area contributed by atoms with Crippen molar-refractivity contribution in [2.45, 2.75) is 6.54 Å². The van der Waals surface area contributed by atoms with E-state index in [0.29, 0.717) is 17.8 Å². The maximum Gasteiger partial charge on any atom is 0.222 e. The normalized spacial score (nSPS) is 11.1. The number of phenolic OH excluding ortho intramolecular Hbond substituents is 1. The molecule has 0 aliphatic heterocycles. The Kier molecular flexibility index (Phi) is 3.20. The van der Waals surface area contributed by atoms with Crippen LogP contribution in [0.25, 0.3) is 11.3 Å². The molecule has 5 nitrogen and oxygen atoms in total. The number of benzene rings is 1. The molecule has 0 fully saturated rings. The topological polar surface area (TPSA) is 75.5 Å². The summed E-state index contributed by atoms with van der Waals surface area (Å²) >= 11 is 0. The monoisotopic (exact) mass is 251 g/mol. The highest BCUT2D eigenvalue weighted by molar-refractivity contribution is 5.70. The van der Waals surface area contributed by atoms with Crippen LogP contribution in [0.15, 0.2) is 22.7 Å². The van der Waals surface area contributed by atoms with Gasteiger partial charge in [-0.15, -0.1) is 0 Å². The predicted octanol–water partition coefficient (Wildman–Crippen LogP) is 1.83. The van der Waals surface area contributed by atoms with Crippen LogP contribution >= 0.6 is 0 Å². The molecule has 0 spiro atoms. The predicted molar refractivity (Wildman–Crippen MR) is 65.4 cm³/mol. The molecule has 2 rings (SSSR count). The molecule has 0 unspecified atom stereocenters. The maximum atomic E-state index is 13.5. The number of nitrogens with zero attached hydrogens (tertiary/aromatic N) is 2. The minimum Gasteiger partial charge on any atom is -0.507 e. The third kappa shape index (κ3) is 2.43. The summed E-state index contributed by atoms with van der Waals surface area (Å²) in [5, 5.41) is 13.8. The van der Waals surface area contributed by atoms with Crippen molar-refractivity contribution in [1.82, 2.24) is 10.1 Å². The number of nitrogen functional groups attached to an aromatic ring is 1. The van der Waals surface area contributed by atoms with Gasteiger partial charge in [-0.2, -0.15) is 0 Å². The molecule has 2 aromatic rings. The van der Waals surface area contributed by atoms with E-state index < -0.39 is 5.82 Å². The van der Waals surface area contributed by atoms with E-state index >= 15 is 0 Å². The van der Waals surface area contributed by atoms with E-state index in [1.54, 1.807) is 0 Å². The Morgan fingerprint density at radius 3 is 2.67 bits per heavy atom. The maximum absolute atomic E-state index is 13.5. The Hall–Kier alpha value is -2.08. The standard InChI is InChI=1S/C12H14FN3O2/c1-16(2)6-7-3-8(13)4-9(12(7)17)10-5-11(14)18-15-10/h3-5,17H,6,14H2,1-2H3. The van der Waals surface area contributed by atoms with Crippen LogP contribution in [-0.4, -0.2) is 29.3 Å². The molecule has 96 valence electrons. The van der Waals surface area contributed by atoms with Crippen LogP contribution in [0.2, 0.25) is 0 Å². The summed E-state index contributed by atoms with van der Waals surface area (Å²) in [6.45, 7) is 0.421. The number of hydrogen-bond donors (Lipinski definition) is 2. The van der Waals surface area contributed by atoms with Gasteiger partial charge in [0.15, 0.2) is 0 Å². The van der Waals surface area contributed by atoms with E-state index in [1.165, 1.54) is 18.2 Å². The van der Waals surface area contributed by atoms with Gasteiger partial charge in [0, 0.05) is 23.7 Å². The summed E-state index contributed by atoms with van der Waals surface area (Å²) in [7, 11) is 3.66. The minimum absolute atomic E-state index is 0.0154. The number of halogens is 1. The highest BCUT2D eigenvalue weighted by Gasteiger charge is 2.15. The van der Waals surface area contributed by atoms with Crippen molar-refractivity contribution in [3.63, 3.8) is 0 Å². The highest BCUT2D eigenvalue weighted by atomic mass is 19.1. The van der Waals surface area contributed by atoms with E-state index in [1.807, 2.05) is 19.0 Å². The van der Waals surface area contributed by atoms with Gasteiger partial charge in [0.2, 0.25) is 5.88 Å². The fourth-order valence-electron chi connectivity index (χ4n) is 1.73. The van der Waals surface area contributed by atoms with Crippen molar-refractivity contribution in [3.8, 4) is 17.0 Å². The van der Waals surface area contributed by atoms with Crippen molar-refractivity contribution >= 4 is 5.88 Å². The summed E-state index contributed by atoms with van der Waals surface area (Å²) in [6, 6.07) is 3.93. The van der Waals surface area contributed by atoms with Crippen molar-refractivity contribution in [3.05, 3.63) is 29.6 Å². The fraction of sp³-hybridized carbons (Fsp3) is 0.250. The van der Waals surface area contributed by atoms with Crippen molar-refractivity contribution in [2.24, 2.45) is 0 Å². The Morgan fingerprint density at radius 2 is 2.11 bits per heavy atom. The largest absolute Gasteiger partial charge is 0.507 e. The average Bonchev–Trinajstić information content (AvgIpc) is 2.69. The molecular formula is C12H14FN3O2. The third-order valence-electron chi connectivity index (χ3n) is 2.44. The number of aromatic nitrogens is 1. The lowest BCUT2D eigenvalue weighted by molar-refractivity contribution is 0.384. The van der Waals surface area contributed by atoms with Crippen LogP contribution in [0.3, 0.4) is 0 Å². The third-order valence-corrected chi connectivity index (χ3v) is 2.44. The van der Waals surface area contributed by atoms with E-state index in [-0.39, 0.29) is 17.2 Å². The summed E-state index contributed by atoms with van der Waals surface area (Å²) in [5.74, 6) is -0.345. The van der Waals surface area contributed by atoms with E-state index in [4.69, 9.17) is 10.3 Å². The lowest BCUT2D eigenvalue weighted by atomic mass is 10.1. The second kappa shape index (κ2) is 4.66. The second-order valence-electron chi connectivity index (χ2n) is 4.31. The Bertz CT molecular complexity index is 566. The first-order valence-electron chi connectivity index (χ1n) is 5.36. The highest BCUT2D eigenvalue weighted by Crippen LogP contribution is 2.33. The first-order valence-corrected chi connectivity index (χ1v) is 5.36. The molecule has 0 bridgehead atoms. The second-order valence-corrected chi connectivity index (χ2v) is 4.31. The van der Waals surface area contributed by atoms with Gasteiger partial charge in [-0.05, 0) is 26.2 Å². The van der Waals surface area contributed by atoms with Gasteiger partial charge in [0.25, 0.3) is 0 Å². The lowest BCUT2D eigenvalue weighted by Crippen LogP contribution is -2.11. The summed E-state index contributed by atoms with van der Waals surface area (Å²) in [6.07, 6.45) is 0. The first-order chi connectivity index (χ1) is 8.47. The molecule has 1 aromatic heterocycles. The number of phenols is 1. The molecule has 1 aromatic carbocycles. The molecule has 1 heterocycles. The smallest absolute Gasteiger partial charge is 0.222 e. The minimum atomic E-state index is -0.443. The zero-order valence-corrected chi connectivity index (χ0v) is 10.1. The van der Waals surface area contributed by atoms with Gasteiger partial charge in [-0.3, -0.25) is 0 Å². The Balaban J connectivity index is 2.51. The molecule has 6 heteroatoms. The number of anilines is 1. The molecule has 18 heavy (non-hydrogen) atoms. The van der Waals surface area contributed by atoms with Crippen molar-refractivity contribution < 1.29 is 14.0 Å². The van der Waals surface area contributed by atoms with Gasteiger partial charge in [-0.25, -0.2) is 4.39 Å². The summed E-state index contributed by atoms with van der Waals surface area (Å²) in [4.78, 5) is 1.83. The molecule has 0 aliphatic rings. The van der Waals surface area contributed by atoms with Gasteiger partial charge in [0.05, 0.1) is 0 Å². The van der Waals surface area contributed by atoms with Crippen molar-refractivity contribution in [1.29, 1.82) is 0 Å². The zero-order valence-electron chi connectivity index (χ0n) is 10.1. The first kappa shape index (κ1) is 12.4. The van der Waals surface area contributed by atoms with Crippen LogP contribution in [0.1, 0.15) is 5.56 Å². The quantitative estimate of drug-likeness (QED) is 0.870. The van der Waals surface area contributed by atoms with Gasteiger partial charge in [-0.1, -0.05) is 5.16 Å². The summed E-state index contributed by atoms with van der Waals surface area (Å²) in [5.41, 5.74) is 6.47. The van der Waals surface area contributed by atoms with Gasteiger partial charge < -0.3 is 20.3 Å². The van der Waals surface area contributed by atoms with Crippen LogP contribution in [0.5, 0.6) is 5.75 Å². The molecule has 0 saturated carbocycles. The number of hydrogen-bond acceptors (Lipinski definition) is 5. The molecule has 0 radical (unpaired) electrons. The van der Waals surface area contributed by atoms with Crippen LogP contribution in [0.4, 0.5) is 10.3 Å². The molecule has 0 atom stereocenters. The van der Waals surface area contributed by atoms with E-state index in [9.17, 15) is 9.50 Å². The summed E-state index contributed by atoms with van der Waals surface area (Å²) < 4.78 is 18.2. The van der Waals surface area contributed by atoms with Crippen molar-refractivity contribution in [2.75, 3.05) is 19.8 Å². The molecule has 3 N–H and O–H groups in total. The van der Waals surface area contributed by atoms with E-state index in [0.717, 1.165) is 0 Å². The lowest BCUT2D eigenvalue weighted by Gasteiger charge is -2.13. The molecule has 0 saturated heterocycles. The van der Waals surface area contributed by atoms with Crippen LogP contribution < -0.4 is 5.73 Å². The van der Waals surface area contributed by atoms with Crippen LogP contribution in [0, 0.1) is 5.82 Å². The number of aromatic hydroxyl groups is 1. The van der Waals surface area contributed by atoms with Gasteiger partial charge >= 0.3 is 0 Å². The number of rotatable bonds is 3. The van der Waals surface area contributed by atoms with Crippen LogP contribution in [-0.2, 0) is 6.54 Å².